The summed E-state index contributed by atoms with van der Waals surface area (Å²) in [4.78, 5) is 28.2. The molecule has 0 bridgehead atoms. The molecule has 0 radical (unpaired) electrons. The largest absolute Gasteiger partial charge is 0.496 e. The van der Waals surface area contributed by atoms with Gasteiger partial charge < -0.3 is 15.0 Å². The molecule has 170 valence electrons. The van der Waals surface area contributed by atoms with Crippen molar-refractivity contribution in [3.05, 3.63) is 60.2 Å². The van der Waals surface area contributed by atoms with Crippen molar-refractivity contribution < 1.29 is 22.7 Å². The summed E-state index contributed by atoms with van der Waals surface area (Å²) in [6, 6.07) is 15.3. The molecule has 2 amide bonds. The molecule has 1 N–H and O–H groups in total. The fourth-order valence-corrected chi connectivity index (χ4v) is 5.73. The lowest BCUT2D eigenvalue weighted by Gasteiger charge is -2.47. The first-order valence-electron chi connectivity index (χ1n) is 10.5. The molecule has 1 aliphatic carbocycles. The number of piperazine rings is 1. The number of sulfonamides is 1. The van der Waals surface area contributed by atoms with Crippen LogP contribution in [0.3, 0.4) is 0 Å². The van der Waals surface area contributed by atoms with Crippen LogP contribution in [0.2, 0.25) is 0 Å². The Labute approximate surface area is 188 Å². The molecule has 9 heteroatoms. The van der Waals surface area contributed by atoms with E-state index in [1.165, 1.54) is 12.1 Å². The number of hydrogen-bond donors (Lipinski definition) is 1. The monoisotopic (exact) mass is 457 g/mol. The summed E-state index contributed by atoms with van der Waals surface area (Å²) in [6.45, 7) is 1.47. The zero-order chi connectivity index (χ0) is 22.9. The topological polar surface area (TPSA) is 96.0 Å². The average Bonchev–Trinajstić information content (AvgIpc) is 3.62. The van der Waals surface area contributed by atoms with Crippen LogP contribution in [0.4, 0.5) is 0 Å². The first-order valence-corrected chi connectivity index (χ1v) is 12.0. The van der Waals surface area contributed by atoms with E-state index in [9.17, 15) is 18.0 Å². The van der Waals surface area contributed by atoms with E-state index in [4.69, 9.17) is 4.74 Å². The zero-order valence-corrected chi connectivity index (χ0v) is 19.0. The van der Waals surface area contributed by atoms with Gasteiger partial charge in [0.25, 0.3) is 0 Å². The molecular formula is C23H27N3O5S. The Morgan fingerprint density at radius 2 is 1.78 bits per heavy atom. The van der Waals surface area contributed by atoms with Crippen LogP contribution in [0.15, 0.2) is 59.5 Å². The molecule has 1 aliphatic heterocycles. The number of methoxy groups -OCH3 is 1. The molecule has 1 atom stereocenters. The summed E-state index contributed by atoms with van der Waals surface area (Å²) in [5.41, 5.74) is -0.527. The van der Waals surface area contributed by atoms with Crippen molar-refractivity contribution in [3.8, 4) is 5.75 Å². The Kier molecular flexibility index (Phi) is 5.96. The van der Waals surface area contributed by atoms with Gasteiger partial charge in [-0.1, -0.05) is 36.4 Å². The molecule has 0 aromatic heterocycles. The maximum absolute atomic E-state index is 13.4. The van der Waals surface area contributed by atoms with Gasteiger partial charge in [-0.2, -0.15) is 4.31 Å². The Morgan fingerprint density at radius 1 is 1.12 bits per heavy atom. The number of rotatable bonds is 7. The number of nitrogens with zero attached hydrogens (tertiary/aromatic N) is 2. The fourth-order valence-electron chi connectivity index (χ4n) is 4.22. The third kappa shape index (κ3) is 4.10. The number of para-hydroxylation sites is 1. The molecule has 1 saturated heterocycles. The summed E-state index contributed by atoms with van der Waals surface area (Å²) in [7, 11) is -2.36. The first-order chi connectivity index (χ1) is 15.3. The number of carbonyl (C=O) groups excluding carboxylic acids is 2. The summed E-state index contributed by atoms with van der Waals surface area (Å²) in [6.07, 6.45) is 1.62. The van der Waals surface area contributed by atoms with Crippen molar-refractivity contribution in [1.29, 1.82) is 0 Å². The summed E-state index contributed by atoms with van der Waals surface area (Å²) < 4.78 is 32.9. The summed E-state index contributed by atoms with van der Waals surface area (Å²) in [5.74, 6) is -0.102. The second-order valence-corrected chi connectivity index (χ2v) is 10.3. The minimum Gasteiger partial charge on any atom is -0.496 e. The van der Waals surface area contributed by atoms with Gasteiger partial charge in [0.1, 0.15) is 11.3 Å². The van der Waals surface area contributed by atoms with Crippen molar-refractivity contribution >= 4 is 21.8 Å². The first kappa shape index (κ1) is 22.3. The predicted octanol–water partition coefficient (Wildman–Crippen LogP) is 1.77. The van der Waals surface area contributed by atoms with E-state index in [0.29, 0.717) is 5.75 Å². The molecule has 2 aliphatic rings. The number of carbonyl (C=O) groups is 2. The summed E-state index contributed by atoms with van der Waals surface area (Å²) in [5, 5.41) is 2.89. The molecule has 4 rings (SSSR count). The fraction of sp³-hybridized carbons (Fsp3) is 0.391. The molecule has 8 nitrogen and oxygen atoms in total. The molecular weight excluding hydrogens is 430 g/mol. The van der Waals surface area contributed by atoms with Gasteiger partial charge in [-0.05, 0) is 38.0 Å². The van der Waals surface area contributed by atoms with Crippen LogP contribution in [0, 0.1) is 0 Å². The Balaban J connectivity index is 1.61. The third-order valence-corrected chi connectivity index (χ3v) is 7.82. The minimum atomic E-state index is -3.92. The van der Waals surface area contributed by atoms with Crippen molar-refractivity contribution in [1.82, 2.24) is 14.5 Å². The lowest BCUT2D eigenvalue weighted by Crippen LogP contribution is -2.70. The van der Waals surface area contributed by atoms with Crippen LogP contribution in [-0.2, 0) is 26.2 Å². The highest BCUT2D eigenvalue weighted by Gasteiger charge is 2.54. The van der Waals surface area contributed by atoms with Gasteiger partial charge in [0.15, 0.2) is 0 Å². The van der Waals surface area contributed by atoms with Gasteiger partial charge in [-0.25, -0.2) is 8.42 Å². The van der Waals surface area contributed by atoms with Crippen molar-refractivity contribution in [2.24, 2.45) is 0 Å². The molecule has 0 spiro atoms. The molecule has 2 aromatic carbocycles. The number of hydrogen-bond acceptors (Lipinski definition) is 5. The van der Waals surface area contributed by atoms with E-state index < -0.39 is 21.5 Å². The molecule has 2 fully saturated rings. The highest BCUT2D eigenvalue weighted by molar-refractivity contribution is 7.89. The van der Waals surface area contributed by atoms with E-state index in [2.05, 4.69) is 5.32 Å². The van der Waals surface area contributed by atoms with Gasteiger partial charge >= 0.3 is 0 Å². The lowest BCUT2D eigenvalue weighted by molar-refractivity contribution is -0.153. The maximum Gasteiger partial charge on any atom is 0.247 e. The summed E-state index contributed by atoms with van der Waals surface area (Å²) >= 11 is 0. The van der Waals surface area contributed by atoms with Gasteiger partial charge in [-0.3, -0.25) is 9.59 Å². The van der Waals surface area contributed by atoms with Crippen molar-refractivity contribution in [2.45, 2.75) is 42.8 Å². The van der Waals surface area contributed by atoms with Gasteiger partial charge in [-0.15, -0.1) is 0 Å². The van der Waals surface area contributed by atoms with E-state index in [1.807, 2.05) is 18.2 Å². The maximum atomic E-state index is 13.4. The molecule has 2 aromatic rings. The zero-order valence-electron chi connectivity index (χ0n) is 18.2. The SMILES string of the molecule is COc1ccccc1CNC(=O)[C@@]1(C)CN(S(=O)(=O)c2ccccc2)CC(=O)N1C1CC1. The van der Waals surface area contributed by atoms with Crippen LogP contribution >= 0.6 is 0 Å². The lowest BCUT2D eigenvalue weighted by atomic mass is 9.95. The number of nitrogens with one attached hydrogen (secondary N) is 1. The highest BCUT2D eigenvalue weighted by Crippen LogP contribution is 2.37. The van der Waals surface area contributed by atoms with E-state index in [-0.39, 0.29) is 36.5 Å². The molecule has 1 saturated carbocycles. The van der Waals surface area contributed by atoms with Crippen molar-refractivity contribution in [3.63, 3.8) is 0 Å². The Morgan fingerprint density at radius 3 is 2.44 bits per heavy atom. The normalized spacial score (nSPS) is 21.9. The van der Waals surface area contributed by atoms with E-state index in [0.717, 1.165) is 22.7 Å². The number of ether oxygens (including phenoxy) is 1. The van der Waals surface area contributed by atoms with Gasteiger partial charge in [0.05, 0.1) is 18.6 Å². The standard InChI is InChI=1S/C23H27N3O5S/c1-23(22(28)24-14-17-8-6-7-11-20(17)31-2)16-25(15-21(27)26(23)18-12-13-18)32(29,30)19-9-4-3-5-10-19/h3-11,18H,12-16H2,1-2H3,(H,24,28)/t23-/m1/s1. The molecule has 1 heterocycles. The smallest absolute Gasteiger partial charge is 0.247 e. The highest BCUT2D eigenvalue weighted by atomic mass is 32.2. The third-order valence-electron chi connectivity index (χ3n) is 6.01. The predicted molar refractivity (Wildman–Crippen MR) is 118 cm³/mol. The number of amides is 2. The van der Waals surface area contributed by atoms with Gasteiger partial charge in [0.2, 0.25) is 21.8 Å². The van der Waals surface area contributed by atoms with Gasteiger partial charge in [0, 0.05) is 24.7 Å². The van der Waals surface area contributed by atoms with Crippen LogP contribution in [-0.4, -0.2) is 61.2 Å². The van der Waals surface area contributed by atoms with Crippen molar-refractivity contribution in [2.75, 3.05) is 20.2 Å². The second-order valence-electron chi connectivity index (χ2n) is 8.35. The molecule has 0 unspecified atom stereocenters. The molecule has 32 heavy (non-hydrogen) atoms. The van der Waals surface area contributed by atoms with Crippen LogP contribution in [0.25, 0.3) is 0 Å². The van der Waals surface area contributed by atoms with Crippen LogP contribution < -0.4 is 10.1 Å². The Bertz CT molecular complexity index is 1120. The van der Waals surface area contributed by atoms with Crippen LogP contribution in [0.1, 0.15) is 25.3 Å². The number of benzene rings is 2. The van der Waals surface area contributed by atoms with Crippen LogP contribution in [0.5, 0.6) is 5.75 Å². The average molecular weight is 458 g/mol. The van der Waals surface area contributed by atoms with E-state index in [1.54, 1.807) is 43.2 Å². The second kappa shape index (κ2) is 8.55. The minimum absolute atomic E-state index is 0.0360. The quantitative estimate of drug-likeness (QED) is 0.684. The Hall–Kier alpha value is -2.91. The van der Waals surface area contributed by atoms with E-state index >= 15 is 0 Å².